The Kier molecular flexibility index (Phi) is 3.30. The minimum atomic E-state index is -3.39. The average Bonchev–Trinajstić information content (AvgIpc) is 2.35. The number of ether oxygens (including phenoxy) is 1. The molecular formula is C12H15NO4S. The molecule has 2 rings (SSSR count). The van der Waals surface area contributed by atoms with Crippen molar-refractivity contribution in [1.82, 2.24) is 0 Å². The number of hydrogen-bond acceptors (Lipinski definition) is 4. The van der Waals surface area contributed by atoms with Gasteiger partial charge in [-0.3, -0.25) is 9.10 Å². The maximum Gasteiger partial charge on any atom is 0.310 e. The molecule has 0 aliphatic carbocycles. The van der Waals surface area contributed by atoms with Gasteiger partial charge >= 0.3 is 5.97 Å². The molecule has 0 saturated heterocycles. The first-order valence-electron chi connectivity index (χ1n) is 5.57. The summed E-state index contributed by atoms with van der Waals surface area (Å²) >= 11 is 0. The highest BCUT2D eigenvalue weighted by molar-refractivity contribution is 7.92. The highest BCUT2D eigenvalue weighted by Crippen LogP contribution is 2.31. The minimum absolute atomic E-state index is 0.141. The Balaban J connectivity index is 2.45. The normalized spacial score (nSPS) is 19.2. The first-order chi connectivity index (χ1) is 8.43. The molecule has 1 heterocycles. The van der Waals surface area contributed by atoms with Crippen LogP contribution in [0.1, 0.15) is 5.56 Å². The largest absolute Gasteiger partial charge is 0.469 e. The van der Waals surface area contributed by atoms with Crippen molar-refractivity contribution in [2.75, 3.05) is 24.2 Å². The van der Waals surface area contributed by atoms with Gasteiger partial charge in [0, 0.05) is 6.54 Å². The van der Waals surface area contributed by atoms with E-state index in [2.05, 4.69) is 0 Å². The van der Waals surface area contributed by atoms with E-state index in [1.54, 1.807) is 12.1 Å². The zero-order valence-electron chi connectivity index (χ0n) is 10.3. The monoisotopic (exact) mass is 269 g/mol. The second-order valence-electron chi connectivity index (χ2n) is 4.35. The first kappa shape index (κ1) is 12.9. The first-order valence-corrected chi connectivity index (χ1v) is 7.41. The maximum absolute atomic E-state index is 11.8. The summed E-state index contributed by atoms with van der Waals surface area (Å²) in [6, 6.07) is 7.21. The van der Waals surface area contributed by atoms with Gasteiger partial charge in [0.2, 0.25) is 10.0 Å². The van der Waals surface area contributed by atoms with Crippen LogP contribution in [0.25, 0.3) is 0 Å². The molecule has 0 fully saturated rings. The molecule has 0 radical (unpaired) electrons. The number of carbonyl (C=O) groups is 1. The van der Waals surface area contributed by atoms with Crippen molar-refractivity contribution in [3.8, 4) is 0 Å². The van der Waals surface area contributed by atoms with Crippen molar-refractivity contribution in [3.05, 3.63) is 29.8 Å². The van der Waals surface area contributed by atoms with Gasteiger partial charge in [-0.25, -0.2) is 8.42 Å². The lowest BCUT2D eigenvalue weighted by molar-refractivity contribution is -0.145. The summed E-state index contributed by atoms with van der Waals surface area (Å²) in [4.78, 5) is 11.6. The standard InChI is InChI=1S/C12H15NO4S/c1-17-12(14)10-7-9-5-3-4-6-11(9)13(8-10)18(2,15)16/h3-6,10H,7-8H2,1-2H3. The molecule has 1 aromatic carbocycles. The van der Waals surface area contributed by atoms with E-state index in [0.717, 1.165) is 11.8 Å². The Morgan fingerprint density at radius 1 is 1.39 bits per heavy atom. The molecule has 1 aromatic rings. The summed E-state index contributed by atoms with van der Waals surface area (Å²) in [6.45, 7) is 0.141. The van der Waals surface area contributed by atoms with Crippen molar-refractivity contribution in [2.24, 2.45) is 5.92 Å². The molecule has 1 unspecified atom stereocenters. The number of anilines is 1. The third-order valence-electron chi connectivity index (χ3n) is 3.05. The number of hydrogen-bond donors (Lipinski definition) is 0. The lowest BCUT2D eigenvalue weighted by Gasteiger charge is -2.33. The SMILES string of the molecule is COC(=O)C1Cc2ccccc2N(S(C)(=O)=O)C1. The molecular weight excluding hydrogens is 254 g/mol. The molecule has 18 heavy (non-hydrogen) atoms. The molecule has 0 aromatic heterocycles. The highest BCUT2D eigenvalue weighted by Gasteiger charge is 2.33. The summed E-state index contributed by atoms with van der Waals surface area (Å²) in [5.41, 5.74) is 1.50. The number of fused-ring (bicyclic) bond motifs is 1. The third-order valence-corrected chi connectivity index (χ3v) is 4.19. The number of sulfonamides is 1. The third kappa shape index (κ3) is 2.33. The predicted octanol–water partition coefficient (Wildman–Crippen LogP) is 0.798. The number of methoxy groups -OCH3 is 1. The molecule has 0 saturated carbocycles. The second kappa shape index (κ2) is 4.61. The van der Waals surface area contributed by atoms with E-state index >= 15 is 0 Å². The van der Waals surface area contributed by atoms with Crippen LogP contribution in [-0.4, -0.2) is 34.3 Å². The number of nitrogens with zero attached hydrogens (tertiary/aromatic N) is 1. The number of para-hydroxylation sites is 1. The molecule has 1 atom stereocenters. The molecule has 98 valence electrons. The van der Waals surface area contributed by atoms with E-state index in [0.29, 0.717) is 12.1 Å². The van der Waals surface area contributed by atoms with Crippen LogP contribution in [0.2, 0.25) is 0 Å². The number of rotatable bonds is 2. The van der Waals surface area contributed by atoms with Crippen LogP contribution >= 0.6 is 0 Å². The Hall–Kier alpha value is -1.56. The summed E-state index contributed by atoms with van der Waals surface area (Å²) in [5.74, 6) is -0.822. The summed E-state index contributed by atoms with van der Waals surface area (Å²) in [5, 5.41) is 0. The van der Waals surface area contributed by atoms with Crippen LogP contribution in [-0.2, 0) is 26.0 Å². The average molecular weight is 269 g/mol. The van der Waals surface area contributed by atoms with Gasteiger partial charge in [0.1, 0.15) is 0 Å². The number of esters is 1. The molecule has 6 heteroatoms. The molecule has 1 aliphatic heterocycles. The van der Waals surface area contributed by atoms with Gasteiger partial charge in [-0.1, -0.05) is 18.2 Å². The minimum Gasteiger partial charge on any atom is -0.469 e. The topological polar surface area (TPSA) is 63.7 Å². The van der Waals surface area contributed by atoms with Gasteiger partial charge in [-0.15, -0.1) is 0 Å². The van der Waals surface area contributed by atoms with Gasteiger partial charge < -0.3 is 4.74 Å². The summed E-state index contributed by atoms with van der Waals surface area (Å²) in [6.07, 6.45) is 1.65. The molecule has 0 bridgehead atoms. The molecule has 0 amide bonds. The van der Waals surface area contributed by atoms with Crippen molar-refractivity contribution in [2.45, 2.75) is 6.42 Å². The van der Waals surface area contributed by atoms with E-state index in [-0.39, 0.29) is 12.5 Å². The number of benzene rings is 1. The Morgan fingerprint density at radius 2 is 2.06 bits per heavy atom. The van der Waals surface area contributed by atoms with Gasteiger partial charge in [-0.2, -0.15) is 0 Å². The van der Waals surface area contributed by atoms with Gasteiger partial charge in [-0.05, 0) is 18.1 Å². The van der Waals surface area contributed by atoms with Crippen LogP contribution in [0, 0.1) is 5.92 Å². The van der Waals surface area contributed by atoms with Crippen LogP contribution in [0.4, 0.5) is 5.69 Å². The molecule has 0 N–H and O–H groups in total. The second-order valence-corrected chi connectivity index (χ2v) is 6.25. The van der Waals surface area contributed by atoms with Gasteiger partial charge in [0.05, 0.1) is 25.0 Å². The smallest absolute Gasteiger partial charge is 0.310 e. The fourth-order valence-electron chi connectivity index (χ4n) is 2.19. The lowest BCUT2D eigenvalue weighted by atomic mass is 9.94. The molecule has 0 spiro atoms. The van der Waals surface area contributed by atoms with Crippen LogP contribution in [0.5, 0.6) is 0 Å². The molecule has 5 nitrogen and oxygen atoms in total. The zero-order chi connectivity index (χ0) is 13.3. The van der Waals surface area contributed by atoms with Crippen LogP contribution < -0.4 is 4.31 Å². The van der Waals surface area contributed by atoms with Crippen LogP contribution in [0.15, 0.2) is 24.3 Å². The van der Waals surface area contributed by atoms with Crippen LogP contribution in [0.3, 0.4) is 0 Å². The Bertz CT molecular complexity index is 567. The predicted molar refractivity (Wildman–Crippen MR) is 67.8 cm³/mol. The van der Waals surface area contributed by atoms with Gasteiger partial charge in [0.15, 0.2) is 0 Å². The zero-order valence-corrected chi connectivity index (χ0v) is 11.1. The lowest BCUT2D eigenvalue weighted by Crippen LogP contribution is -2.42. The number of carbonyl (C=O) groups excluding carboxylic acids is 1. The Morgan fingerprint density at radius 3 is 2.67 bits per heavy atom. The van der Waals surface area contributed by atoms with E-state index in [9.17, 15) is 13.2 Å². The maximum atomic E-state index is 11.8. The van der Waals surface area contributed by atoms with E-state index < -0.39 is 15.9 Å². The van der Waals surface area contributed by atoms with Crippen molar-refractivity contribution in [3.63, 3.8) is 0 Å². The quantitative estimate of drug-likeness (QED) is 0.745. The molecule has 1 aliphatic rings. The fourth-order valence-corrected chi connectivity index (χ4v) is 3.18. The van der Waals surface area contributed by atoms with Gasteiger partial charge in [0.25, 0.3) is 0 Å². The summed E-state index contributed by atoms with van der Waals surface area (Å²) < 4.78 is 29.5. The van der Waals surface area contributed by atoms with Crippen molar-refractivity contribution in [1.29, 1.82) is 0 Å². The summed E-state index contributed by atoms with van der Waals surface area (Å²) in [7, 11) is -2.08. The Labute approximate surface area is 106 Å². The van der Waals surface area contributed by atoms with Crippen molar-refractivity contribution < 1.29 is 17.9 Å². The van der Waals surface area contributed by atoms with E-state index in [1.165, 1.54) is 11.4 Å². The van der Waals surface area contributed by atoms with Crippen molar-refractivity contribution >= 4 is 21.7 Å². The van der Waals surface area contributed by atoms with E-state index in [4.69, 9.17) is 4.74 Å². The van der Waals surface area contributed by atoms with E-state index in [1.807, 2.05) is 12.1 Å². The fraction of sp³-hybridized carbons (Fsp3) is 0.417. The highest BCUT2D eigenvalue weighted by atomic mass is 32.2.